The van der Waals surface area contributed by atoms with Crippen molar-refractivity contribution in [3.8, 4) is 22.9 Å². The monoisotopic (exact) mass is 397 g/mol. The van der Waals surface area contributed by atoms with Crippen molar-refractivity contribution in [3.05, 3.63) is 48.3 Å². The highest BCUT2D eigenvalue weighted by atomic mass is 32.2. The van der Waals surface area contributed by atoms with Crippen LogP contribution in [0.25, 0.3) is 11.4 Å². The molecule has 28 heavy (non-hydrogen) atoms. The Kier molecular flexibility index (Phi) is 5.16. The van der Waals surface area contributed by atoms with Crippen molar-refractivity contribution < 1.29 is 14.3 Å². The van der Waals surface area contributed by atoms with Gasteiger partial charge >= 0.3 is 0 Å². The first kappa shape index (κ1) is 18.3. The van der Waals surface area contributed by atoms with Gasteiger partial charge in [0.15, 0.2) is 22.5 Å². The van der Waals surface area contributed by atoms with Crippen LogP contribution in [0.3, 0.4) is 0 Å². The van der Waals surface area contributed by atoms with Crippen molar-refractivity contribution >= 4 is 17.7 Å². The fourth-order valence-corrected chi connectivity index (χ4v) is 3.59. The van der Waals surface area contributed by atoms with Gasteiger partial charge < -0.3 is 19.4 Å². The Morgan fingerprint density at radius 2 is 2.00 bits per heavy atom. The van der Waals surface area contributed by atoms with Crippen molar-refractivity contribution in [3.63, 3.8) is 0 Å². The van der Waals surface area contributed by atoms with Crippen LogP contribution in [0, 0.1) is 0 Å². The van der Waals surface area contributed by atoms with Crippen molar-refractivity contribution in [1.29, 1.82) is 0 Å². The van der Waals surface area contributed by atoms with E-state index in [1.807, 2.05) is 48.9 Å². The fraction of sp³-hybridized carbons (Fsp3) is 0.263. The van der Waals surface area contributed by atoms with E-state index in [0.717, 1.165) is 22.7 Å². The Bertz CT molecular complexity index is 992. The molecule has 9 heteroatoms. The summed E-state index contributed by atoms with van der Waals surface area (Å²) in [5.41, 5.74) is 1.89. The van der Waals surface area contributed by atoms with Crippen molar-refractivity contribution in [2.75, 3.05) is 12.5 Å². The number of rotatable bonds is 6. The first-order valence-electron chi connectivity index (χ1n) is 8.73. The number of nitrogens with one attached hydrogen (secondary N) is 1. The Hall–Kier alpha value is -3.07. The minimum absolute atomic E-state index is 0.0800. The number of fused-ring (bicyclic) bond motifs is 1. The Morgan fingerprint density at radius 1 is 1.21 bits per heavy atom. The van der Waals surface area contributed by atoms with Crippen LogP contribution in [0.4, 0.5) is 0 Å². The molecule has 0 bridgehead atoms. The van der Waals surface area contributed by atoms with Gasteiger partial charge in [0.1, 0.15) is 0 Å². The van der Waals surface area contributed by atoms with Gasteiger partial charge in [0, 0.05) is 25.0 Å². The van der Waals surface area contributed by atoms with E-state index in [2.05, 4.69) is 20.5 Å². The number of aromatic nitrogens is 4. The zero-order valence-electron chi connectivity index (χ0n) is 15.5. The summed E-state index contributed by atoms with van der Waals surface area (Å²) < 4.78 is 12.6. The number of carbonyl (C=O) groups is 1. The van der Waals surface area contributed by atoms with E-state index in [9.17, 15) is 4.79 Å². The predicted molar refractivity (Wildman–Crippen MR) is 104 cm³/mol. The van der Waals surface area contributed by atoms with E-state index in [4.69, 9.17) is 9.47 Å². The first-order valence-corrected chi connectivity index (χ1v) is 9.72. The van der Waals surface area contributed by atoms with Gasteiger partial charge in [0.05, 0.1) is 11.8 Å². The highest BCUT2D eigenvalue weighted by Gasteiger charge is 2.18. The summed E-state index contributed by atoms with van der Waals surface area (Å²) in [5, 5.41) is 12.1. The van der Waals surface area contributed by atoms with Gasteiger partial charge in [-0.05, 0) is 36.8 Å². The molecule has 0 fully saturated rings. The SMILES string of the molecule is C[C@@H](NC(=O)CSc1nnc(-c2ccncc2)n1C)c1ccc2c(c1)OCO2. The standard InChI is InChI=1S/C19H19N5O3S/c1-12(14-3-4-15-16(9-14)27-11-26-15)21-17(25)10-28-19-23-22-18(24(19)2)13-5-7-20-8-6-13/h3-9,12H,10-11H2,1-2H3,(H,21,25)/t12-/m1/s1. The summed E-state index contributed by atoms with van der Waals surface area (Å²) in [6.07, 6.45) is 3.42. The van der Waals surface area contributed by atoms with E-state index in [1.54, 1.807) is 12.4 Å². The molecular formula is C19H19N5O3S. The highest BCUT2D eigenvalue weighted by Crippen LogP contribution is 2.34. The zero-order valence-corrected chi connectivity index (χ0v) is 16.3. The summed E-state index contributed by atoms with van der Waals surface area (Å²) in [4.78, 5) is 16.4. The molecule has 4 rings (SSSR count). The van der Waals surface area contributed by atoms with Gasteiger partial charge in [-0.25, -0.2) is 0 Å². The van der Waals surface area contributed by atoms with Crippen LogP contribution < -0.4 is 14.8 Å². The average Bonchev–Trinajstić information content (AvgIpc) is 3.32. The number of hydrogen-bond acceptors (Lipinski definition) is 7. The van der Waals surface area contributed by atoms with E-state index in [-0.39, 0.29) is 24.5 Å². The number of hydrogen-bond donors (Lipinski definition) is 1. The van der Waals surface area contributed by atoms with Crippen LogP contribution in [0.2, 0.25) is 0 Å². The summed E-state index contributed by atoms with van der Waals surface area (Å²) in [6, 6.07) is 9.28. The number of nitrogens with zero attached hydrogens (tertiary/aromatic N) is 4. The van der Waals surface area contributed by atoms with Crippen molar-refractivity contribution in [1.82, 2.24) is 25.1 Å². The van der Waals surface area contributed by atoms with Crippen LogP contribution in [0.5, 0.6) is 11.5 Å². The van der Waals surface area contributed by atoms with Crippen molar-refractivity contribution in [2.24, 2.45) is 7.05 Å². The van der Waals surface area contributed by atoms with Gasteiger partial charge in [-0.3, -0.25) is 9.78 Å². The predicted octanol–water partition coefficient (Wildman–Crippen LogP) is 2.58. The van der Waals surface area contributed by atoms with Crippen LogP contribution >= 0.6 is 11.8 Å². The summed E-state index contributed by atoms with van der Waals surface area (Å²) >= 11 is 1.34. The molecule has 1 aliphatic heterocycles. The topological polar surface area (TPSA) is 91.2 Å². The lowest BCUT2D eigenvalue weighted by Gasteiger charge is -2.14. The molecule has 0 saturated heterocycles. The zero-order chi connectivity index (χ0) is 19.5. The number of thioether (sulfide) groups is 1. The molecule has 0 radical (unpaired) electrons. The summed E-state index contributed by atoms with van der Waals surface area (Å²) in [6.45, 7) is 2.17. The van der Waals surface area contributed by atoms with Gasteiger partial charge in [-0.1, -0.05) is 17.8 Å². The molecule has 1 aliphatic rings. The van der Waals surface area contributed by atoms with E-state index in [1.165, 1.54) is 11.8 Å². The molecule has 3 aromatic rings. The average molecular weight is 397 g/mol. The van der Waals surface area contributed by atoms with Gasteiger partial charge in [0.2, 0.25) is 12.7 Å². The molecule has 2 aromatic heterocycles. The van der Waals surface area contributed by atoms with Crippen LogP contribution in [-0.2, 0) is 11.8 Å². The molecule has 0 aliphatic carbocycles. The van der Waals surface area contributed by atoms with Gasteiger partial charge in [0.25, 0.3) is 0 Å². The largest absolute Gasteiger partial charge is 0.454 e. The molecule has 8 nitrogen and oxygen atoms in total. The molecule has 0 saturated carbocycles. The third kappa shape index (κ3) is 3.79. The highest BCUT2D eigenvalue weighted by molar-refractivity contribution is 7.99. The van der Waals surface area contributed by atoms with Gasteiger partial charge in [-0.2, -0.15) is 0 Å². The molecule has 1 N–H and O–H groups in total. The molecule has 144 valence electrons. The second-order valence-electron chi connectivity index (χ2n) is 6.29. The Labute approximate surface area is 166 Å². The van der Waals surface area contributed by atoms with E-state index < -0.39 is 0 Å². The quantitative estimate of drug-likeness (QED) is 0.639. The lowest BCUT2D eigenvalue weighted by Crippen LogP contribution is -2.28. The normalized spacial score (nSPS) is 13.4. The third-order valence-corrected chi connectivity index (χ3v) is 5.40. The first-order chi connectivity index (χ1) is 13.6. The molecule has 3 heterocycles. The van der Waals surface area contributed by atoms with Crippen molar-refractivity contribution in [2.45, 2.75) is 18.1 Å². The molecule has 1 amide bonds. The van der Waals surface area contributed by atoms with Gasteiger partial charge in [-0.15, -0.1) is 10.2 Å². The Balaban J connectivity index is 1.35. The molecule has 0 unspecified atom stereocenters. The number of amides is 1. The molecule has 0 spiro atoms. The maximum atomic E-state index is 12.4. The fourth-order valence-electron chi connectivity index (χ4n) is 2.87. The van der Waals surface area contributed by atoms with Crippen LogP contribution in [0.1, 0.15) is 18.5 Å². The lowest BCUT2D eigenvalue weighted by atomic mass is 10.1. The maximum absolute atomic E-state index is 12.4. The molecule has 1 aromatic carbocycles. The minimum Gasteiger partial charge on any atom is -0.454 e. The number of benzene rings is 1. The second-order valence-corrected chi connectivity index (χ2v) is 7.23. The summed E-state index contributed by atoms with van der Waals surface area (Å²) in [5.74, 6) is 2.33. The second kappa shape index (κ2) is 7.89. The smallest absolute Gasteiger partial charge is 0.231 e. The van der Waals surface area contributed by atoms with Crippen LogP contribution in [0.15, 0.2) is 47.9 Å². The maximum Gasteiger partial charge on any atom is 0.231 e. The molecule has 1 atom stereocenters. The number of ether oxygens (including phenoxy) is 2. The Morgan fingerprint density at radius 3 is 2.82 bits per heavy atom. The number of carbonyl (C=O) groups excluding carboxylic acids is 1. The number of pyridine rings is 1. The minimum atomic E-state index is -0.144. The lowest BCUT2D eigenvalue weighted by molar-refractivity contribution is -0.119. The van der Waals surface area contributed by atoms with Crippen LogP contribution in [-0.4, -0.2) is 38.2 Å². The van der Waals surface area contributed by atoms with E-state index in [0.29, 0.717) is 10.9 Å². The van der Waals surface area contributed by atoms with E-state index >= 15 is 0 Å². The third-order valence-electron chi connectivity index (χ3n) is 4.38. The summed E-state index contributed by atoms with van der Waals surface area (Å²) in [7, 11) is 1.88. The molecular weight excluding hydrogens is 378 g/mol.